The van der Waals surface area contributed by atoms with Crippen molar-refractivity contribution in [3.63, 3.8) is 0 Å². The molecular weight excluding hydrogens is 278 g/mol. The Bertz CT molecular complexity index is 746. The molecule has 0 aliphatic rings. The highest BCUT2D eigenvalue weighted by atomic mass is 16.1. The molecule has 1 amide bonds. The number of primary amides is 1. The normalized spacial score (nSPS) is 10.7. The van der Waals surface area contributed by atoms with Crippen LogP contribution in [-0.2, 0) is 12.8 Å². The van der Waals surface area contributed by atoms with Crippen molar-refractivity contribution >= 4 is 5.91 Å². The van der Waals surface area contributed by atoms with E-state index in [1.54, 1.807) is 11.0 Å². The first-order chi connectivity index (χ1) is 10.7. The summed E-state index contributed by atoms with van der Waals surface area (Å²) in [7, 11) is 0. The first-order valence-electron chi connectivity index (χ1n) is 7.15. The topological polar surface area (TPSA) is 89.6 Å². The van der Waals surface area contributed by atoms with E-state index in [0.717, 1.165) is 36.2 Å². The minimum absolute atomic E-state index is 0.341. The van der Waals surface area contributed by atoms with Crippen molar-refractivity contribution in [1.82, 2.24) is 19.7 Å². The molecule has 1 aromatic carbocycles. The second-order valence-corrected chi connectivity index (χ2v) is 5.08. The van der Waals surface area contributed by atoms with Crippen molar-refractivity contribution < 1.29 is 4.79 Å². The average molecular weight is 295 g/mol. The van der Waals surface area contributed by atoms with Crippen molar-refractivity contribution in [1.29, 1.82) is 0 Å². The van der Waals surface area contributed by atoms with Gasteiger partial charge in [0.2, 0.25) is 0 Å². The van der Waals surface area contributed by atoms with Crippen LogP contribution in [-0.4, -0.2) is 25.7 Å². The number of aromatic nitrogens is 4. The van der Waals surface area contributed by atoms with Crippen molar-refractivity contribution in [2.45, 2.75) is 19.3 Å². The van der Waals surface area contributed by atoms with Gasteiger partial charge in [-0.1, -0.05) is 18.2 Å². The summed E-state index contributed by atoms with van der Waals surface area (Å²) in [6.07, 6.45) is 7.85. The molecule has 0 spiro atoms. The second-order valence-electron chi connectivity index (χ2n) is 5.08. The molecule has 0 saturated carbocycles. The van der Waals surface area contributed by atoms with E-state index >= 15 is 0 Å². The minimum Gasteiger partial charge on any atom is -0.364 e. The zero-order valence-corrected chi connectivity index (χ0v) is 12.1. The fourth-order valence-electron chi connectivity index (χ4n) is 2.40. The SMILES string of the molecule is NC(=O)c1nn(-c2ccccc2)cc1CCCc1cnc[nH]1. The third-order valence-electron chi connectivity index (χ3n) is 3.49. The number of aryl methyl sites for hydroxylation is 2. The number of nitrogens with two attached hydrogens (primary N) is 1. The van der Waals surface area contributed by atoms with E-state index in [-0.39, 0.29) is 0 Å². The number of imidazole rings is 1. The number of nitrogens with zero attached hydrogens (tertiary/aromatic N) is 3. The largest absolute Gasteiger partial charge is 0.364 e. The maximum atomic E-state index is 11.6. The number of benzene rings is 1. The molecule has 0 atom stereocenters. The number of hydrogen-bond donors (Lipinski definition) is 2. The van der Waals surface area contributed by atoms with Gasteiger partial charge in [0.1, 0.15) is 0 Å². The maximum absolute atomic E-state index is 11.6. The quantitative estimate of drug-likeness (QED) is 0.727. The summed E-state index contributed by atoms with van der Waals surface area (Å²) in [4.78, 5) is 18.6. The number of carbonyl (C=O) groups is 1. The van der Waals surface area contributed by atoms with Crippen molar-refractivity contribution in [3.05, 3.63) is 66.0 Å². The lowest BCUT2D eigenvalue weighted by molar-refractivity contribution is 0.0994. The van der Waals surface area contributed by atoms with Crippen LogP contribution < -0.4 is 5.73 Å². The molecular formula is C16H17N5O. The van der Waals surface area contributed by atoms with E-state index in [9.17, 15) is 4.79 Å². The summed E-state index contributed by atoms with van der Waals surface area (Å²) in [5.74, 6) is -0.494. The van der Waals surface area contributed by atoms with Gasteiger partial charge in [0.05, 0.1) is 12.0 Å². The lowest BCUT2D eigenvalue weighted by atomic mass is 10.1. The Kier molecular flexibility index (Phi) is 4.00. The Morgan fingerprint density at radius 2 is 2.05 bits per heavy atom. The predicted octanol–water partition coefficient (Wildman–Crippen LogP) is 1.87. The van der Waals surface area contributed by atoms with E-state index in [2.05, 4.69) is 15.1 Å². The van der Waals surface area contributed by atoms with Crippen LogP contribution in [0.3, 0.4) is 0 Å². The summed E-state index contributed by atoms with van der Waals surface area (Å²) in [6.45, 7) is 0. The number of nitrogens with one attached hydrogen (secondary N) is 1. The van der Waals surface area contributed by atoms with Crippen LogP contribution in [0.1, 0.15) is 28.2 Å². The lowest BCUT2D eigenvalue weighted by Crippen LogP contribution is -2.14. The van der Waals surface area contributed by atoms with Crippen LogP contribution in [0, 0.1) is 0 Å². The highest BCUT2D eigenvalue weighted by Gasteiger charge is 2.14. The zero-order chi connectivity index (χ0) is 15.4. The molecule has 112 valence electrons. The van der Waals surface area contributed by atoms with E-state index < -0.39 is 5.91 Å². The number of rotatable bonds is 6. The predicted molar refractivity (Wildman–Crippen MR) is 82.7 cm³/mol. The van der Waals surface area contributed by atoms with E-state index in [1.165, 1.54) is 0 Å². The number of aromatic amines is 1. The summed E-state index contributed by atoms with van der Waals surface area (Å²) >= 11 is 0. The highest BCUT2D eigenvalue weighted by molar-refractivity contribution is 5.92. The van der Waals surface area contributed by atoms with Crippen molar-refractivity contribution in [2.75, 3.05) is 0 Å². The van der Waals surface area contributed by atoms with Crippen LogP contribution in [0.15, 0.2) is 49.1 Å². The molecule has 22 heavy (non-hydrogen) atoms. The molecule has 0 unspecified atom stereocenters. The molecule has 0 fully saturated rings. The van der Waals surface area contributed by atoms with Gasteiger partial charge in [-0.25, -0.2) is 9.67 Å². The molecule has 2 heterocycles. The van der Waals surface area contributed by atoms with Gasteiger partial charge >= 0.3 is 0 Å². The molecule has 3 rings (SSSR count). The Balaban J connectivity index is 1.77. The van der Waals surface area contributed by atoms with Gasteiger partial charge in [0.25, 0.3) is 5.91 Å². The summed E-state index contributed by atoms with van der Waals surface area (Å²) in [5.41, 5.74) is 8.64. The number of para-hydroxylation sites is 1. The summed E-state index contributed by atoms with van der Waals surface area (Å²) in [6, 6.07) is 9.67. The standard InChI is InChI=1S/C16H17N5O/c17-16(22)15-12(5-4-6-13-9-18-11-19-13)10-21(20-15)14-7-2-1-3-8-14/h1-3,7-11H,4-6H2,(H2,17,22)(H,18,19). The maximum Gasteiger partial charge on any atom is 0.269 e. The number of carbonyl (C=O) groups excluding carboxylic acids is 1. The molecule has 0 aliphatic heterocycles. The number of amides is 1. The monoisotopic (exact) mass is 295 g/mol. The van der Waals surface area contributed by atoms with Gasteiger partial charge < -0.3 is 10.7 Å². The summed E-state index contributed by atoms with van der Waals surface area (Å²) in [5, 5.41) is 4.32. The van der Waals surface area contributed by atoms with E-state index in [0.29, 0.717) is 5.69 Å². The smallest absolute Gasteiger partial charge is 0.269 e. The highest BCUT2D eigenvalue weighted by Crippen LogP contribution is 2.15. The molecule has 6 heteroatoms. The number of hydrogen-bond acceptors (Lipinski definition) is 3. The van der Waals surface area contributed by atoms with Crippen molar-refractivity contribution in [2.24, 2.45) is 5.73 Å². The fourth-order valence-corrected chi connectivity index (χ4v) is 2.40. The molecule has 0 aliphatic carbocycles. The molecule has 0 saturated heterocycles. The Labute approximate surface area is 128 Å². The van der Waals surface area contributed by atoms with Gasteiger partial charge in [-0.2, -0.15) is 5.10 Å². The van der Waals surface area contributed by atoms with Crippen LogP contribution in [0.25, 0.3) is 5.69 Å². The third kappa shape index (κ3) is 3.06. The second kappa shape index (κ2) is 6.26. The minimum atomic E-state index is -0.494. The summed E-state index contributed by atoms with van der Waals surface area (Å²) < 4.78 is 1.70. The van der Waals surface area contributed by atoms with Gasteiger partial charge in [-0.15, -0.1) is 0 Å². The van der Waals surface area contributed by atoms with Crippen LogP contribution in [0.5, 0.6) is 0 Å². The van der Waals surface area contributed by atoms with Gasteiger partial charge in [-0.3, -0.25) is 4.79 Å². The zero-order valence-electron chi connectivity index (χ0n) is 12.1. The van der Waals surface area contributed by atoms with E-state index in [4.69, 9.17) is 5.73 Å². The molecule has 2 aromatic heterocycles. The Morgan fingerprint density at radius 3 is 2.73 bits per heavy atom. The first-order valence-corrected chi connectivity index (χ1v) is 7.15. The molecule has 0 radical (unpaired) electrons. The van der Waals surface area contributed by atoms with Crippen molar-refractivity contribution in [3.8, 4) is 5.69 Å². The molecule has 6 nitrogen and oxygen atoms in total. The molecule has 3 aromatic rings. The third-order valence-corrected chi connectivity index (χ3v) is 3.49. The number of H-pyrrole nitrogens is 1. The molecule has 0 bridgehead atoms. The Hall–Kier alpha value is -2.89. The first kappa shape index (κ1) is 14.1. The van der Waals surface area contributed by atoms with Gasteiger partial charge in [-0.05, 0) is 31.4 Å². The van der Waals surface area contributed by atoms with Crippen LogP contribution >= 0.6 is 0 Å². The van der Waals surface area contributed by atoms with Gasteiger partial charge in [0, 0.05) is 23.7 Å². The van der Waals surface area contributed by atoms with Crippen LogP contribution in [0.2, 0.25) is 0 Å². The average Bonchev–Trinajstić information content (AvgIpc) is 3.18. The van der Waals surface area contributed by atoms with E-state index in [1.807, 2.05) is 42.7 Å². The van der Waals surface area contributed by atoms with Gasteiger partial charge in [0.15, 0.2) is 5.69 Å². The lowest BCUT2D eigenvalue weighted by Gasteiger charge is -1.99. The molecule has 3 N–H and O–H groups in total. The fraction of sp³-hybridized carbons (Fsp3) is 0.188. The van der Waals surface area contributed by atoms with Crippen LogP contribution in [0.4, 0.5) is 0 Å². The Morgan fingerprint density at radius 1 is 1.23 bits per heavy atom.